The van der Waals surface area contributed by atoms with Crippen molar-refractivity contribution in [1.29, 1.82) is 0 Å². The van der Waals surface area contributed by atoms with Gasteiger partial charge in [0.25, 0.3) is 0 Å². The van der Waals surface area contributed by atoms with Crippen molar-refractivity contribution in [2.24, 2.45) is 28.6 Å². The van der Waals surface area contributed by atoms with E-state index in [4.69, 9.17) is 9.47 Å². The summed E-state index contributed by atoms with van der Waals surface area (Å²) in [6.45, 7) is 8.24. The van der Waals surface area contributed by atoms with Gasteiger partial charge in [0.2, 0.25) is 0 Å². The van der Waals surface area contributed by atoms with Crippen LogP contribution in [0.25, 0.3) is 0 Å². The summed E-state index contributed by atoms with van der Waals surface area (Å²) < 4.78 is 11.4. The summed E-state index contributed by atoms with van der Waals surface area (Å²) in [5.41, 5.74) is 1.23. The summed E-state index contributed by atoms with van der Waals surface area (Å²) in [5.74, 6) is 1.19. The molecule has 30 heavy (non-hydrogen) atoms. The Kier molecular flexibility index (Phi) is 5.61. The molecule has 3 fully saturated rings. The summed E-state index contributed by atoms with van der Waals surface area (Å²) in [6.07, 6.45) is 8.79. The van der Waals surface area contributed by atoms with Gasteiger partial charge in [-0.15, -0.1) is 0 Å². The van der Waals surface area contributed by atoms with Crippen LogP contribution in [0.5, 0.6) is 0 Å². The van der Waals surface area contributed by atoms with Crippen LogP contribution in [0, 0.1) is 28.6 Å². The van der Waals surface area contributed by atoms with Gasteiger partial charge in [-0.25, -0.2) is 0 Å². The molecule has 5 heteroatoms. The largest absolute Gasteiger partial charge is 0.462 e. The fraction of sp³-hybridized carbons (Fsp3) is 0.800. The van der Waals surface area contributed by atoms with E-state index in [2.05, 4.69) is 13.8 Å². The fourth-order valence-corrected chi connectivity index (χ4v) is 7.33. The van der Waals surface area contributed by atoms with Gasteiger partial charge in [0.1, 0.15) is 6.10 Å². The van der Waals surface area contributed by atoms with E-state index in [1.165, 1.54) is 5.57 Å². The molecular formula is C25H36O5. The van der Waals surface area contributed by atoms with Crippen molar-refractivity contribution in [3.63, 3.8) is 0 Å². The number of hydrogen-bond acceptors (Lipinski definition) is 5. The van der Waals surface area contributed by atoms with Crippen LogP contribution < -0.4 is 0 Å². The predicted octanol–water partition coefficient (Wildman–Crippen LogP) is 4.77. The molecule has 0 unspecified atom stereocenters. The summed E-state index contributed by atoms with van der Waals surface area (Å²) in [5, 5.41) is 0. The molecule has 0 aliphatic heterocycles. The molecule has 5 nitrogen and oxygen atoms in total. The van der Waals surface area contributed by atoms with Crippen molar-refractivity contribution >= 4 is 17.7 Å². The highest BCUT2D eigenvalue weighted by molar-refractivity contribution is 5.96. The number of carbonyl (C=O) groups is 3. The van der Waals surface area contributed by atoms with Gasteiger partial charge in [0, 0.05) is 24.7 Å². The van der Waals surface area contributed by atoms with E-state index in [0.29, 0.717) is 37.0 Å². The summed E-state index contributed by atoms with van der Waals surface area (Å²) >= 11 is 0. The molecule has 7 atom stereocenters. The first-order valence-electron chi connectivity index (χ1n) is 11.9. The first kappa shape index (κ1) is 21.6. The van der Waals surface area contributed by atoms with Crippen molar-refractivity contribution in [1.82, 2.24) is 0 Å². The summed E-state index contributed by atoms with van der Waals surface area (Å²) in [7, 11) is 0. The number of allylic oxidation sites excluding steroid dienone is 1. The molecule has 0 heterocycles. The van der Waals surface area contributed by atoms with E-state index in [1.54, 1.807) is 13.0 Å². The SMILES string of the molecule is CCC(=O)O[C@@H]1C[C@@]2(C)C(=CC1=O)CC[C@H]1[C@@H]3CC[C@@H](OC(=O)CC)[C@@]3(C)CC[C@@H]12. The van der Waals surface area contributed by atoms with E-state index in [0.717, 1.165) is 38.5 Å². The van der Waals surface area contributed by atoms with E-state index in [-0.39, 0.29) is 34.7 Å². The molecule has 0 spiro atoms. The van der Waals surface area contributed by atoms with Crippen molar-refractivity contribution in [2.45, 2.75) is 97.7 Å². The van der Waals surface area contributed by atoms with Gasteiger partial charge in [-0.3, -0.25) is 14.4 Å². The van der Waals surface area contributed by atoms with Crippen LogP contribution in [0.4, 0.5) is 0 Å². The van der Waals surface area contributed by atoms with E-state index >= 15 is 0 Å². The highest BCUT2D eigenvalue weighted by Gasteiger charge is 2.60. The lowest BCUT2D eigenvalue weighted by Gasteiger charge is -2.58. The third-order valence-electron chi connectivity index (χ3n) is 9.02. The van der Waals surface area contributed by atoms with Gasteiger partial charge in [-0.05, 0) is 67.8 Å². The van der Waals surface area contributed by atoms with Gasteiger partial charge in [-0.2, -0.15) is 0 Å². The van der Waals surface area contributed by atoms with Crippen molar-refractivity contribution in [2.75, 3.05) is 0 Å². The minimum absolute atomic E-state index is 0.0341. The highest BCUT2D eigenvalue weighted by Crippen LogP contribution is 2.65. The lowest BCUT2D eigenvalue weighted by Crippen LogP contribution is -2.53. The van der Waals surface area contributed by atoms with Crippen molar-refractivity contribution < 1.29 is 23.9 Å². The van der Waals surface area contributed by atoms with Crippen LogP contribution in [0.1, 0.15) is 85.5 Å². The number of esters is 2. The number of hydrogen-bond donors (Lipinski definition) is 0. The number of fused-ring (bicyclic) bond motifs is 5. The number of rotatable bonds is 4. The molecular weight excluding hydrogens is 380 g/mol. The molecule has 0 radical (unpaired) electrons. The second-order valence-corrected chi connectivity index (χ2v) is 10.4. The van der Waals surface area contributed by atoms with Gasteiger partial charge in [-0.1, -0.05) is 33.3 Å². The molecule has 0 aromatic rings. The topological polar surface area (TPSA) is 69.7 Å². The first-order valence-corrected chi connectivity index (χ1v) is 11.9. The van der Waals surface area contributed by atoms with Crippen LogP contribution in [-0.2, 0) is 23.9 Å². The number of ketones is 1. The molecule has 0 aromatic heterocycles. The fourth-order valence-electron chi connectivity index (χ4n) is 7.33. The molecule has 0 aromatic carbocycles. The monoisotopic (exact) mass is 416 g/mol. The summed E-state index contributed by atoms with van der Waals surface area (Å²) in [4.78, 5) is 36.5. The zero-order valence-electron chi connectivity index (χ0n) is 18.9. The van der Waals surface area contributed by atoms with Crippen LogP contribution in [0.2, 0.25) is 0 Å². The lowest BCUT2D eigenvalue weighted by molar-refractivity contribution is -0.162. The van der Waals surface area contributed by atoms with Crippen LogP contribution in [-0.4, -0.2) is 29.9 Å². The second kappa shape index (κ2) is 7.80. The Labute approximate surface area is 179 Å². The quantitative estimate of drug-likeness (QED) is 0.617. The third-order valence-corrected chi connectivity index (χ3v) is 9.02. The van der Waals surface area contributed by atoms with Gasteiger partial charge in [0.15, 0.2) is 11.9 Å². The van der Waals surface area contributed by atoms with E-state index < -0.39 is 6.10 Å². The van der Waals surface area contributed by atoms with Crippen molar-refractivity contribution in [3.8, 4) is 0 Å². The molecule has 4 aliphatic rings. The predicted molar refractivity (Wildman–Crippen MR) is 112 cm³/mol. The Balaban J connectivity index is 1.57. The number of carbonyl (C=O) groups excluding carboxylic acids is 3. The first-order chi connectivity index (χ1) is 14.2. The maximum Gasteiger partial charge on any atom is 0.306 e. The van der Waals surface area contributed by atoms with Crippen LogP contribution in [0.3, 0.4) is 0 Å². The molecule has 0 amide bonds. The minimum atomic E-state index is -0.639. The maximum absolute atomic E-state index is 12.6. The molecule has 166 valence electrons. The molecule has 4 rings (SSSR count). The van der Waals surface area contributed by atoms with Crippen LogP contribution in [0.15, 0.2) is 11.6 Å². The Morgan fingerprint density at radius 2 is 1.70 bits per heavy atom. The lowest BCUT2D eigenvalue weighted by atomic mass is 9.47. The van der Waals surface area contributed by atoms with E-state index in [9.17, 15) is 14.4 Å². The average molecular weight is 417 g/mol. The highest BCUT2D eigenvalue weighted by atomic mass is 16.5. The Hall–Kier alpha value is -1.65. The molecule has 0 saturated heterocycles. The number of ether oxygens (including phenoxy) is 2. The van der Waals surface area contributed by atoms with Crippen molar-refractivity contribution in [3.05, 3.63) is 11.6 Å². The maximum atomic E-state index is 12.6. The molecule has 4 aliphatic carbocycles. The second-order valence-electron chi connectivity index (χ2n) is 10.4. The standard InChI is InChI=1S/C25H36O5/c1-5-22(27)29-20-14-25(4)15(13-19(20)26)7-8-16-17-9-10-21(30-23(28)6-2)24(17,3)12-11-18(16)25/h13,16-18,20-21H,5-12,14H2,1-4H3/t16-,17-,18-,20+,21+,24-,25-/m0/s1. The minimum Gasteiger partial charge on any atom is -0.462 e. The molecule has 0 N–H and O–H groups in total. The van der Waals surface area contributed by atoms with Crippen LogP contribution >= 0.6 is 0 Å². The average Bonchev–Trinajstić information content (AvgIpc) is 3.05. The summed E-state index contributed by atoms with van der Waals surface area (Å²) in [6, 6.07) is 0. The Morgan fingerprint density at radius 1 is 1.00 bits per heavy atom. The van der Waals surface area contributed by atoms with Gasteiger partial charge < -0.3 is 9.47 Å². The van der Waals surface area contributed by atoms with Gasteiger partial charge >= 0.3 is 11.9 Å². The zero-order chi connectivity index (χ0) is 21.7. The third kappa shape index (κ3) is 3.33. The Bertz CT molecular complexity index is 770. The molecule has 3 saturated carbocycles. The smallest absolute Gasteiger partial charge is 0.306 e. The zero-order valence-corrected chi connectivity index (χ0v) is 18.9. The Morgan fingerprint density at radius 3 is 2.40 bits per heavy atom. The van der Waals surface area contributed by atoms with Gasteiger partial charge in [0.05, 0.1) is 0 Å². The van der Waals surface area contributed by atoms with E-state index in [1.807, 2.05) is 6.92 Å². The normalized spacial score (nSPS) is 42.5. The molecule has 0 bridgehead atoms.